The molecular weight excluding hydrogens is 474 g/mol. The lowest BCUT2D eigenvalue weighted by molar-refractivity contribution is -0.139. The van der Waals surface area contributed by atoms with Crippen LogP contribution in [0.25, 0.3) is 10.8 Å². The second-order valence-corrected chi connectivity index (χ2v) is 9.80. The highest BCUT2D eigenvalue weighted by molar-refractivity contribution is 6.00. The standard InChI is InChI=1S/C28H33N3O6/c1-17-9-8-12-21(24(17)33)23(25(34)29-20-14-13-18-10-6-7-11-19(18)15-20)31(5)26(35)22(16-32)30-27(36)37-28(2,3)4/h6-15,22-23,32-33H,16H2,1-5H3,(H,29,34)(H,30,36). The molecule has 0 aliphatic heterocycles. The zero-order valence-corrected chi connectivity index (χ0v) is 21.6. The number of alkyl carbamates (subject to hydrolysis) is 1. The number of rotatable bonds is 7. The quantitative estimate of drug-likeness (QED) is 0.384. The van der Waals surface area contributed by atoms with Gasteiger partial charge in [-0.1, -0.05) is 48.5 Å². The van der Waals surface area contributed by atoms with Crippen LogP contribution in [0.3, 0.4) is 0 Å². The predicted octanol–water partition coefficient (Wildman–Crippen LogP) is 3.88. The van der Waals surface area contributed by atoms with Crippen molar-refractivity contribution in [2.45, 2.75) is 45.4 Å². The molecule has 9 heteroatoms. The maximum absolute atomic E-state index is 13.6. The Morgan fingerprint density at radius 3 is 2.32 bits per heavy atom. The fraction of sp³-hybridized carbons (Fsp3) is 0.321. The van der Waals surface area contributed by atoms with Crippen LogP contribution in [-0.2, 0) is 14.3 Å². The minimum atomic E-state index is -1.37. The van der Waals surface area contributed by atoms with Crippen LogP contribution in [0.1, 0.15) is 37.9 Å². The minimum absolute atomic E-state index is 0.138. The van der Waals surface area contributed by atoms with Crippen molar-refractivity contribution in [1.29, 1.82) is 0 Å². The van der Waals surface area contributed by atoms with Gasteiger partial charge in [-0.05, 0) is 56.2 Å². The highest BCUT2D eigenvalue weighted by Gasteiger charge is 2.35. The average Bonchev–Trinajstić information content (AvgIpc) is 2.83. The van der Waals surface area contributed by atoms with E-state index in [9.17, 15) is 24.6 Å². The molecule has 3 aromatic rings. The number of para-hydroxylation sites is 1. The molecule has 0 fully saturated rings. The number of carbonyl (C=O) groups is 3. The van der Waals surface area contributed by atoms with Crippen LogP contribution in [0.5, 0.6) is 5.75 Å². The fourth-order valence-corrected chi connectivity index (χ4v) is 3.91. The largest absolute Gasteiger partial charge is 0.507 e. The first-order valence-electron chi connectivity index (χ1n) is 11.9. The Morgan fingerprint density at radius 1 is 1.00 bits per heavy atom. The number of fused-ring (bicyclic) bond motifs is 1. The Balaban J connectivity index is 1.93. The van der Waals surface area contributed by atoms with Crippen LogP contribution in [0.15, 0.2) is 60.7 Å². The summed E-state index contributed by atoms with van der Waals surface area (Å²) in [6.07, 6.45) is -0.885. The lowest BCUT2D eigenvalue weighted by Crippen LogP contribution is -2.52. The average molecular weight is 508 g/mol. The maximum atomic E-state index is 13.6. The number of amides is 3. The zero-order chi connectivity index (χ0) is 27.3. The number of ether oxygens (including phenoxy) is 1. The van der Waals surface area contributed by atoms with Crippen molar-refractivity contribution in [1.82, 2.24) is 10.2 Å². The van der Waals surface area contributed by atoms with Gasteiger partial charge in [-0.25, -0.2) is 4.79 Å². The highest BCUT2D eigenvalue weighted by atomic mass is 16.6. The fourth-order valence-electron chi connectivity index (χ4n) is 3.91. The summed E-state index contributed by atoms with van der Waals surface area (Å²) in [4.78, 5) is 40.3. The van der Waals surface area contributed by atoms with Crippen molar-refractivity contribution in [3.63, 3.8) is 0 Å². The molecule has 0 saturated heterocycles. The number of anilines is 1. The van der Waals surface area contributed by atoms with E-state index in [2.05, 4.69) is 10.6 Å². The summed E-state index contributed by atoms with van der Waals surface area (Å²) in [5, 5.41) is 27.7. The van der Waals surface area contributed by atoms with E-state index >= 15 is 0 Å². The molecule has 3 rings (SSSR count). The van der Waals surface area contributed by atoms with Gasteiger partial charge in [0.05, 0.1) is 6.61 Å². The molecule has 0 saturated carbocycles. The van der Waals surface area contributed by atoms with Crippen LogP contribution in [0.4, 0.5) is 10.5 Å². The molecule has 0 spiro atoms. The van der Waals surface area contributed by atoms with Crippen LogP contribution in [-0.4, -0.2) is 58.3 Å². The molecule has 0 aliphatic carbocycles. The Hall–Kier alpha value is -4.11. The van der Waals surface area contributed by atoms with Gasteiger partial charge < -0.3 is 30.5 Å². The van der Waals surface area contributed by atoms with Gasteiger partial charge in [-0.3, -0.25) is 9.59 Å². The molecule has 0 aliphatic rings. The molecule has 3 aromatic carbocycles. The van der Waals surface area contributed by atoms with E-state index in [-0.39, 0.29) is 11.3 Å². The second-order valence-electron chi connectivity index (χ2n) is 9.80. The molecular formula is C28H33N3O6. The number of nitrogens with one attached hydrogen (secondary N) is 2. The number of hydrogen-bond donors (Lipinski definition) is 4. The van der Waals surface area contributed by atoms with E-state index in [0.29, 0.717) is 11.3 Å². The molecule has 2 unspecified atom stereocenters. The monoisotopic (exact) mass is 507 g/mol. The second kappa shape index (κ2) is 11.3. The molecule has 0 aromatic heterocycles. The summed E-state index contributed by atoms with van der Waals surface area (Å²) >= 11 is 0. The van der Waals surface area contributed by atoms with E-state index in [4.69, 9.17) is 4.74 Å². The first kappa shape index (κ1) is 27.5. The summed E-state index contributed by atoms with van der Waals surface area (Å²) in [5.74, 6) is -1.46. The number of carbonyl (C=O) groups excluding carboxylic acids is 3. The van der Waals surface area contributed by atoms with Gasteiger partial charge in [-0.15, -0.1) is 0 Å². The van der Waals surface area contributed by atoms with Crippen LogP contribution in [0, 0.1) is 6.92 Å². The lowest BCUT2D eigenvalue weighted by atomic mass is 9.99. The summed E-state index contributed by atoms with van der Waals surface area (Å²) in [6, 6.07) is 15.3. The van der Waals surface area contributed by atoms with Crippen LogP contribution in [0.2, 0.25) is 0 Å². The van der Waals surface area contributed by atoms with E-state index in [1.165, 1.54) is 7.05 Å². The Kier molecular flexibility index (Phi) is 8.39. The number of nitrogens with zero attached hydrogens (tertiary/aromatic N) is 1. The molecule has 9 nitrogen and oxygen atoms in total. The number of hydrogen-bond acceptors (Lipinski definition) is 6. The van der Waals surface area contributed by atoms with E-state index in [0.717, 1.165) is 15.7 Å². The smallest absolute Gasteiger partial charge is 0.408 e. The lowest BCUT2D eigenvalue weighted by Gasteiger charge is -2.31. The normalized spacial score (nSPS) is 12.9. The van der Waals surface area contributed by atoms with Crippen molar-refractivity contribution < 1.29 is 29.3 Å². The molecule has 0 heterocycles. The summed E-state index contributed by atoms with van der Waals surface area (Å²) in [5.41, 5.74) is 0.414. The van der Waals surface area contributed by atoms with Gasteiger partial charge in [0.1, 0.15) is 23.4 Å². The molecule has 4 N–H and O–H groups in total. The maximum Gasteiger partial charge on any atom is 0.408 e. The van der Waals surface area contributed by atoms with Crippen molar-refractivity contribution >= 4 is 34.4 Å². The van der Waals surface area contributed by atoms with Crippen molar-refractivity contribution in [2.24, 2.45) is 0 Å². The van der Waals surface area contributed by atoms with Gasteiger partial charge in [0.2, 0.25) is 5.91 Å². The molecule has 0 bridgehead atoms. The number of benzene rings is 3. The SMILES string of the molecule is Cc1cccc(C(C(=O)Nc2ccc3ccccc3c2)N(C)C(=O)C(CO)NC(=O)OC(C)(C)C)c1O. The number of phenols is 1. The van der Waals surface area contributed by atoms with E-state index in [1.54, 1.807) is 52.0 Å². The van der Waals surface area contributed by atoms with Crippen LogP contribution >= 0.6 is 0 Å². The number of aromatic hydroxyl groups is 1. The van der Waals surface area contributed by atoms with Crippen molar-refractivity contribution in [3.05, 3.63) is 71.8 Å². The van der Waals surface area contributed by atoms with Gasteiger partial charge in [0.25, 0.3) is 5.91 Å². The van der Waals surface area contributed by atoms with E-state index < -0.39 is 42.2 Å². The van der Waals surface area contributed by atoms with E-state index in [1.807, 2.05) is 36.4 Å². The van der Waals surface area contributed by atoms with Gasteiger partial charge >= 0.3 is 6.09 Å². The topological polar surface area (TPSA) is 128 Å². The van der Waals surface area contributed by atoms with Gasteiger partial charge in [0.15, 0.2) is 0 Å². The number of likely N-dealkylation sites (N-methyl/N-ethyl adjacent to an activating group) is 1. The Morgan fingerprint density at radius 2 is 1.68 bits per heavy atom. The number of aryl methyl sites for hydroxylation is 1. The predicted molar refractivity (Wildman–Crippen MR) is 141 cm³/mol. The molecule has 2 atom stereocenters. The summed E-state index contributed by atoms with van der Waals surface area (Å²) < 4.78 is 5.19. The molecule has 196 valence electrons. The Bertz CT molecular complexity index is 1300. The number of aliphatic hydroxyl groups excluding tert-OH is 1. The third kappa shape index (κ3) is 6.77. The molecule has 0 radical (unpaired) electrons. The zero-order valence-electron chi connectivity index (χ0n) is 21.6. The summed E-state index contributed by atoms with van der Waals surface area (Å²) in [6.45, 7) is 5.97. The number of aliphatic hydroxyl groups is 1. The first-order chi connectivity index (χ1) is 17.4. The Labute approximate surface area is 216 Å². The van der Waals surface area contributed by atoms with Gasteiger partial charge in [0, 0.05) is 18.3 Å². The third-order valence-electron chi connectivity index (χ3n) is 5.74. The molecule has 3 amide bonds. The summed E-state index contributed by atoms with van der Waals surface area (Å²) in [7, 11) is 1.37. The minimum Gasteiger partial charge on any atom is -0.507 e. The number of phenolic OH excluding ortho intramolecular Hbond substituents is 1. The van der Waals surface area contributed by atoms with Gasteiger partial charge in [-0.2, -0.15) is 0 Å². The first-order valence-corrected chi connectivity index (χ1v) is 11.9. The van der Waals surface area contributed by atoms with Crippen molar-refractivity contribution in [3.8, 4) is 5.75 Å². The highest BCUT2D eigenvalue weighted by Crippen LogP contribution is 2.32. The van der Waals surface area contributed by atoms with Crippen molar-refractivity contribution in [2.75, 3.05) is 19.0 Å². The molecule has 37 heavy (non-hydrogen) atoms. The van der Waals surface area contributed by atoms with Crippen LogP contribution < -0.4 is 10.6 Å². The third-order valence-corrected chi connectivity index (χ3v) is 5.74.